The van der Waals surface area contributed by atoms with E-state index in [-0.39, 0.29) is 30.9 Å². The number of rotatable bonds is 4. The van der Waals surface area contributed by atoms with Gasteiger partial charge in [-0.25, -0.2) is 4.79 Å². The van der Waals surface area contributed by atoms with Crippen LogP contribution in [0.1, 0.15) is 54.1 Å². The molecule has 8 nitrogen and oxygen atoms in total. The SMILES string of the molecule is CC1CC(NC(=O)OCc2ccc3c(c2)C(=O)N(C2CCC(=O)NC2=O)C3)C1. The molecule has 28 heavy (non-hydrogen) atoms. The number of piperidine rings is 1. The van der Waals surface area contributed by atoms with E-state index in [0.29, 0.717) is 30.0 Å². The minimum Gasteiger partial charge on any atom is -0.445 e. The predicted molar refractivity (Wildman–Crippen MR) is 98.0 cm³/mol. The minimum absolute atomic E-state index is 0.0765. The first-order valence-electron chi connectivity index (χ1n) is 9.60. The van der Waals surface area contributed by atoms with Crippen LogP contribution in [-0.2, 0) is 27.5 Å². The van der Waals surface area contributed by atoms with E-state index in [9.17, 15) is 19.2 Å². The summed E-state index contributed by atoms with van der Waals surface area (Å²) in [4.78, 5) is 49.6. The summed E-state index contributed by atoms with van der Waals surface area (Å²) in [5, 5.41) is 5.12. The van der Waals surface area contributed by atoms with Gasteiger partial charge in [0, 0.05) is 24.6 Å². The Morgan fingerprint density at radius 1 is 1.29 bits per heavy atom. The number of imide groups is 1. The fraction of sp³-hybridized carbons (Fsp3) is 0.500. The molecule has 2 N–H and O–H groups in total. The molecular weight excluding hydrogens is 362 g/mol. The Bertz CT molecular complexity index is 846. The molecule has 1 aromatic carbocycles. The zero-order chi connectivity index (χ0) is 19.8. The van der Waals surface area contributed by atoms with Gasteiger partial charge in [0.15, 0.2) is 0 Å². The Morgan fingerprint density at radius 2 is 2.07 bits per heavy atom. The maximum absolute atomic E-state index is 12.8. The number of hydrogen-bond donors (Lipinski definition) is 2. The number of benzene rings is 1. The Kier molecular flexibility index (Phi) is 4.78. The van der Waals surface area contributed by atoms with Gasteiger partial charge in [-0.3, -0.25) is 19.7 Å². The highest BCUT2D eigenvalue weighted by Gasteiger charge is 2.39. The standard InChI is InChI=1S/C20H23N3O5/c1-11-6-14(7-11)21-20(27)28-10-12-2-3-13-9-23(19(26)15(13)8-12)16-4-5-17(24)22-18(16)25/h2-3,8,11,14,16H,4-7,9-10H2,1H3,(H,21,27)(H,22,24,25). The molecule has 4 rings (SSSR count). The summed E-state index contributed by atoms with van der Waals surface area (Å²) < 4.78 is 5.26. The lowest BCUT2D eigenvalue weighted by atomic mass is 9.82. The molecule has 0 spiro atoms. The number of carbonyl (C=O) groups is 4. The Labute approximate surface area is 162 Å². The zero-order valence-corrected chi connectivity index (χ0v) is 15.7. The monoisotopic (exact) mass is 385 g/mol. The van der Waals surface area contributed by atoms with Crippen molar-refractivity contribution < 1.29 is 23.9 Å². The number of carbonyl (C=O) groups excluding carboxylic acids is 4. The van der Waals surface area contributed by atoms with E-state index < -0.39 is 18.0 Å². The van der Waals surface area contributed by atoms with Crippen LogP contribution in [0.5, 0.6) is 0 Å². The summed E-state index contributed by atoms with van der Waals surface area (Å²) in [6.45, 7) is 2.55. The smallest absolute Gasteiger partial charge is 0.407 e. The molecule has 1 aromatic rings. The van der Waals surface area contributed by atoms with E-state index in [1.165, 1.54) is 4.90 Å². The third-order valence-corrected chi connectivity index (χ3v) is 5.66. The van der Waals surface area contributed by atoms with E-state index >= 15 is 0 Å². The summed E-state index contributed by atoms with van der Waals surface area (Å²) in [5.41, 5.74) is 2.06. The van der Waals surface area contributed by atoms with E-state index in [1.54, 1.807) is 6.07 Å². The molecule has 0 aromatic heterocycles. The summed E-state index contributed by atoms with van der Waals surface area (Å²) >= 11 is 0. The van der Waals surface area contributed by atoms with Crippen LogP contribution in [0.2, 0.25) is 0 Å². The van der Waals surface area contributed by atoms with Crippen molar-refractivity contribution in [2.75, 3.05) is 0 Å². The van der Waals surface area contributed by atoms with Gasteiger partial charge < -0.3 is 15.0 Å². The van der Waals surface area contributed by atoms with E-state index in [4.69, 9.17) is 4.74 Å². The number of alkyl carbamates (subject to hydrolysis) is 1. The van der Waals surface area contributed by atoms with Crippen LogP contribution in [0.25, 0.3) is 0 Å². The maximum Gasteiger partial charge on any atom is 0.407 e. The van der Waals surface area contributed by atoms with Crippen molar-refractivity contribution in [1.29, 1.82) is 0 Å². The third kappa shape index (κ3) is 3.58. The van der Waals surface area contributed by atoms with Gasteiger partial charge in [0.2, 0.25) is 11.8 Å². The van der Waals surface area contributed by atoms with Crippen LogP contribution in [0.3, 0.4) is 0 Å². The second-order valence-electron chi connectivity index (χ2n) is 7.89. The molecule has 2 heterocycles. The first-order chi connectivity index (χ1) is 13.4. The highest BCUT2D eigenvalue weighted by Crippen LogP contribution is 2.29. The molecule has 1 saturated heterocycles. The molecular formula is C20H23N3O5. The van der Waals surface area contributed by atoms with Crippen LogP contribution in [0.15, 0.2) is 18.2 Å². The average Bonchev–Trinajstić information content (AvgIpc) is 2.95. The molecule has 0 bridgehead atoms. The van der Waals surface area contributed by atoms with Crippen molar-refractivity contribution in [1.82, 2.24) is 15.5 Å². The van der Waals surface area contributed by atoms with Crippen molar-refractivity contribution in [3.63, 3.8) is 0 Å². The van der Waals surface area contributed by atoms with Gasteiger partial charge in [0.05, 0.1) is 0 Å². The Balaban J connectivity index is 1.37. The number of fused-ring (bicyclic) bond motifs is 1. The molecule has 4 amide bonds. The van der Waals surface area contributed by atoms with Crippen LogP contribution < -0.4 is 10.6 Å². The summed E-state index contributed by atoms with van der Waals surface area (Å²) in [7, 11) is 0. The molecule has 0 radical (unpaired) electrons. The van der Waals surface area contributed by atoms with Crippen molar-refractivity contribution in [3.05, 3.63) is 34.9 Å². The third-order valence-electron chi connectivity index (χ3n) is 5.66. The minimum atomic E-state index is -0.632. The van der Waals surface area contributed by atoms with Gasteiger partial charge >= 0.3 is 6.09 Å². The molecule has 8 heteroatoms. The normalized spacial score (nSPS) is 26.4. The van der Waals surface area contributed by atoms with Gasteiger partial charge in [-0.15, -0.1) is 0 Å². The van der Waals surface area contributed by atoms with E-state index in [0.717, 1.165) is 18.4 Å². The fourth-order valence-corrected chi connectivity index (χ4v) is 4.07. The van der Waals surface area contributed by atoms with Crippen LogP contribution in [-0.4, -0.2) is 40.8 Å². The van der Waals surface area contributed by atoms with Crippen LogP contribution in [0, 0.1) is 5.92 Å². The van der Waals surface area contributed by atoms with Crippen molar-refractivity contribution in [2.45, 2.75) is 57.8 Å². The van der Waals surface area contributed by atoms with Gasteiger partial charge in [0.1, 0.15) is 12.6 Å². The molecule has 1 unspecified atom stereocenters. The average molecular weight is 385 g/mol. The molecule has 2 aliphatic heterocycles. The number of nitrogens with one attached hydrogen (secondary N) is 2. The van der Waals surface area contributed by atoms with Gasteiger partial charge in [-0.2, -0.15) is 0 Å². The van der Waals surface area contributed by atoms with Crippen molar-refractivity contribution in [3.8, 4) is 0 Å². The second-order valence-corrected chi connectivity index (χ2v) is 7.89. The largest absolute Gasteiger partial charge is 0.445 e. The highest BCUT2D eigenvalue weighted by atomic mass is 16.5. The number of ether oxygens (including phenoxy) is 1. The van der Waals surface area contributed by atoms with E-state index in [1.807, 2.05) is 12.1 Å². The van der Waals surface area contributed by atoms with Crippen molar-refractivity contribution >= 4 is 23.8 Å². The predicted octanol–water partition coefficient (Wildman–Crippen LogP) is 1.47. The van der Waals surface area contributed by atoms with Crippen LogP contribution in [0.4, 0.5) is 4.79 Å². The Morgan fingerprint density at radius 3 is 2.79 bits per heavy atom. The van der Waals surface area contributed by atoms with Gasteiger partial charge in [-0.05, 0) is 42.4 Å². The number of nitrogens with zero attached hydrogens (tertiary/aromatic N) is 1. The maximum atomic E-state index is 12.8. The Hall–Kier alpha value is -2.90. The summed E-state index contributed by atoms with van der Waals surface area (Å²) in [5.74, 6) is -0.331. The second kappa shape index (κ2) is 7.26. The molecule has 3 aliphatic rings. The number of amides is 4. The van der Waals surface area contributed by atoms with Gasteiger partial charge in [-0.1, -0.05) is 19.1 Å². The molecule has 1 saturated carbocycles. The summed E-state index contributed by atoms with van der Waals surface area (Å²) in [6, 6.07) is 4.91. The first-order valence-corrected chi connectivity index (χ1v) is 9.60. The summed E-state index contributed by atoms with van der Waals surface area (Å²) in [6.07, 6.45) is 2.05. The topological polar surface area (TPSA) is 105 Å². The lowest BCUT2D eigenvalue weighted by Gasteiger charge is -2.32. The van der Waals surface area contributed by atoms with E-state index in [2.05, 4.69) is 17.6 Å². The number of hydrogen-bond acceptors (Lipinski definition) is 5. The molecule has 1 atom stereocenters. The molecule has 148 valence electrons. The van der Waals surface area contributed by atoms with Crippen molar-refractivity contribution in [2.24, 2.45) is 5.92 Å². The first kappa shape index (κ1) is 18.5. The molecule has 1 aliphatic carbocycles. The highest BCUT2D eigenvalue weighted by molar-refractivity contribution is 6.05. The quantitative estimate of drug-likeness (QED) is 0.764. The lowest BCUT2D eigenvalue weighted by Crippen LogP contribution is -2.52. The van der Waals surface area contributed by atoms with Crippen LogP contribution >= 0.6 is 0 Å². The fourth-order valence-electron chi connectivity index (χ4n) is 4.07. The lowest BCUT2D eigenvalue weighted by molar-refractivity contribution is -0.136. The van der Waals surface area contributed by atoms with Gasteiger partial charge in [0.25, 0.3) is 5.91 Å². The molecule has 2 fully saturated rings. The zero-order valence-electron chi connectivity index (χ0n) is 15.7.